The van der Waals surface area contributed by atoms with E-state index in [4.69, 9.17) is 4.74 Å². The van der Waals surface area contributed by atoms with Gasteiger partial charge in [0.1, 0.15) is 6.04 Å². The summed E-state index contributed by atoms with van der Waals surface area (Å²) < 4.78 is 6.47. The molecule has 0 aliphatic carbocycles. The molecule has 2 unspecified atom stereocenters. The summed E-state index contributed by atoms with van der Waals surface area (Å²) in [6, 6.07) is 17.1. The van der Waals surface area contributed by atoms with Crippen molar-refractivity contribution < 1.29 is 19.4 Å². The lowest BCUT2D eigenvalue weighted by molar-refractivity contribution is -0.139. The lowest BCUT2D eigenvalue weighted by Crippen LogP contribution is -2.41. The average Bonchev–Trinajstić information content (AvgIpc) is 3.40. The molecule has 0 saturated heterocycles. The molecule has 0 aliphatic heterocycles. The van der Waals surface area contributed by atoms with E-state index in [1.54, 1.807) is 17.8 Å². The number of ether oxygens (including phenoxy) is 1. The van der Waals surface area contributed by atoms with Crippen molar-refractivity contribution in [3.05, 3.63) is 81.0 Å². The number of unbranched alkanes of at least 4 members (excludes halogenated alkanes) is 1. The van der Waals surface area contributed by atoms with Gasteiger partial charge in [0.2, 0.25) is 0 Å². The summed E-state index contributed by atoms with van der Waals surface area (Å²) in [5, 5.41) is 12.4. The summed E-state index contributed by atoms with van der Waals surface area (Å²) in [7, 11) is 0. The Morgan fingerprint density at radius 2 is 1.84 bits per heavy atom. The van der Waals surface area contributed by atoms with Crippen molar-refractivity contribution in [2.75, 3.05) is 12.0 Å². The van der Waals surface area contributed by atoms with E-state index in [1.165, 1.54) is 9.75 Å². The third kappa shape index (κ3) is 8.19. The third-order valence-corrected chi connectivity index (χ3v) is 8.56. The van der Waals surface area contributed by atoms with E-state index < -0.39 is 12.0 Å². The Morgan fingerprint density at radius 3 is 2.50 bits per heavy atom. The number of thioether (sulfide) groups is 1. The molecular formula is C31H39NO4S2. The maximum atomic E-state index is 13.3. The fourth-order valence-electron chi connectivity index (χ4n) is 4.36. The molecule has 3 aromatic rings. The zero-order chi connectivity index (χ0) is 27.5. The summed E-state index contributed by atoms with van der Waals surface area (Å²) in [4.78, 5) is 27.7. The first-order valence-corrected chi connectivity index (χ1v) is 15.5. The molecule has 2 atom stereocenters. The van der Waals surface area contributed by atoms with Crippen LogP contribution in [0.15, 0.2) is 54.6 Å². The lowest BCUT2D eigenvalue weighted by Gasteiger charge is -2.19. The highest BCUT2D eigenvalue weighted by atomic mass is 32.2. The van der Waals surface area contributed by atoms with Crippen LogP contribution < -0.4 is 5.32 Å². The van der Waals surface area contributed by atoms with Crippen LogP contribution in [-0.4, -0.2) is 35.0 Å². The second-order valence-electron chi connectivity index (χ2n) is 9.44. The maximum absolute atomic E-state index is 13.3. The number of carbonyl (C=O) groups is 2. The molecule has 0 spiro atoms. The first-order valence-electron chi connectivity index (χ1n) is 13.3. The largest absolute Gasteiger partial charge is 0.480 e. The summed E-state index contributed by atoms with van der Waals surface area (Å²) in [6.07, 6.45) is 6.53. The second-order valence-corrected chi connectivity index (χ2v) is 11.6. The molecular weight excluding hydrogens is 514 g/mol. The van der Waals surface area contributed by atoms with Gasteiger partial charge in [-0.05, 0) is 84.7 Å². The zero-order valence-electron chi connectivity index (χ0n) is 22.8. The molecule has 2 N–H and O–H groups in total. The van der Waals surface area contributed by atoms with Crippen LogP contribution in [0.5, 0.6) is 0 Å². The highest BCUT2D eigenvalue weighted by Gasteiger charge is 2.23. The smallest absolute Gasteiger partial charge is 0.326 e. The normalized spacial score (nSPS) is 12.7. The van der Waals surface area contributed by atoms with E-state index in [-0.39, 0.29) is 12.0 Å². The van der Waals surface area contributed by atoms with Crippen molar-refractivity contribution in [3.63, 3.8) is 0 Å². The Morgan fingerprint density at radius 1 is 1.05 bits per heavy atom. The van der Waals surface area contributed by atoms with Crippen LogP contribution >= 0.6 is 23.1 Å². The number of nitrogens with one attached hydrogen (secondary N) is 1. The Bertz CT molecular complexity index is 1210. The summed E-state index contributed by atoms with van der Waals surface area (Å²) in [5.41, 5.74) is 4.22. The SMILES string of the molecule is CCCCC(OCc1ccc(C(=O)NC(CCSC)C(=O)O)c(-c2ccccc2C)c1)c1ccc(CC)s1. The monoisotopic (exact) mass is 553 g/mol. The van der Waals surface area contributed by atoms with E-state index in [2.05, 4.69) is 31.3 Å². The predicted molar refractivity (Wildman–Crippen MR) is 159 cm³/mol. The van der Waals surface area contributed by atoms with Crippen LogP contribution in [0.1, 0.15) is 76.9 Å². The molecule has 2 aromatic carbocycles. The fourth-order valence-corrected chi connectivity index (χ4v) is 5.87. The van der Waals surface area contributed by atoms with Crippen molar-refractivity contribution in [1.29, 1.82) is 0 Å². The zero-order valence-corrected chi connectivity index (χ0v) is 24.4. The first-order chi connectivity index (χ1) is 18.4. The molecule has 0 aliphatic rings. The number of hydrogen-bond donors (Lipinski definition) is 2. The van der Waals surface area contributed by atoms with E-state index >= 15 is 0 Å². The summed E-state index contributed by atoms with van der Waals surface area (Å²) in [6.45, 7) is 6.81. The number of carboxylic acids is 1. The van der Waals surface area contributed by atoms with Crippen LogP contribution in [0.4, 0.5) is 0 Å². The quantitative estimate of drug-likeness (QED) is 0.202. The van der Waals surface area contributed by atoms with Crippen LogP contribution in [0, 0.1) is 6.92 Å². The molecule has 0 radical (unpaired) electrons. The highest BCUT2D eigenvalue weighted by molar-refractivity contribution is 7.98. The Balaban J connectivity index is 1.89. The second kappa shape index (κ2) is 15.1. The van der Waals surface area contributed by atoms with Gasteiger partial charge in [0, 0.05) is 15.3 Å². The number of hydrogen-bond acceptors (Lipinski definition) is 5. The van der Waals surface area contributed by atoms with Gasteiger partial charge in [-0.15, -0.1) is 11.3 Å². The number of aryl methyl sites for hydroxylation is 2. The highest BCUT2D eigenvalue weighted by Crippen LogP contribution is 2.33. The Labute approximate surface area is 235 Å². The number of rotatable bonds is 15. The topological polar surface area (TPSA) is 75.6 Å². The van der Waals surface area contributed by atoms with E-state index in [9.17, 15) is 14.7 Å². The number of aliphatic carboxylic acids is 1. The molecule has 5 nitrogen and oxygen atoms in total. The number of carbonyl (C=O) groups excluding carboxylic acids is 1. The van der Waals surface area contributed by atoms with Crippen LogP contribution in [-0.2, 0) is 22.6 Å². The average molecular weight is 554 g/mol. The number of benzene rings is 2. The minimum atomic E-state index is -1.02. The Hall–Kier alpha value is -2.61. The minimum absolute atomic E-state index is 0.0397. The van der Waals surface area contributed by atoms with Gasteiger partial charge < -0.3 is 15.2 Å². The first kappa shape index (κ1) is 29.9. The lowest BCUT2D eigenvalue weighted by atomic mass is 9.93. The van der Waals surface area contributed by atoms with Crippen molar-refractivity contribution in [2.24, 2.45) is 0 Å². The van der Waals surface area contributed by atoms with Gasteiger partial charge in [-0.2, -0.15) is 11.8 Å². The van der Waals surface area contributed by atoms with Crippen LogP contribution in [0.3, 0.4) is 0 Å². The van der Waals surface area contributed by atoms with Gasteiger partial charge >= 0.3 is 5.97 Å². The van der Waals surface area contributed by atoms with Crippen LogP contribution in [0.25, 0.3) is 11.1 Å². The van der Waals surface area contributed by atoms with Gasteiger partial charge in [0.05, 0.1) is 12.7 Å². The van der Waals surface area contributed by atoms with E-state index in [0.717, 1.165) is 47.9 Å². The van der Waals surface area contributed by atoms with Crippen LogP contribution in [0.2, 0.25) is 0 Å². The number of amides is 1. The van der Waals surface area contributed by atoms with E-state index in [0.29, 0.717) is 24.3 Å². The molecule has 3 rings (SSSR count). The molecule has 38 heavy (non-hydrogen) atoms. The maximum Gasteiger partial charge on any atom is 0.326 e. The molecule has 7 heteroatoms. The molecule has 204 valence electrons. The molecule has 0 saturated carbocycles. The minimum Gasteiger partial charge on any atom is -0.480 e. The standard InChI is InChI=1S/C31H39NO4S2/c1-5-7-12-28(29-16-14-23(6-2)38-29)36-20-22-13-15-25(26(19-22)24-11-9-8-10-21(24)3)30(33)32-27(31(34)35)17-18-37-4/h8-11,13-16,19,27-28H,5-7,12,17-18,20H2,1-4H3,(H,32,33)(H,34,35). The third-order valence-electron chi connectivity index (χ3n) is 6.60. The van der Waals surface area contributed by atoms with Gasteiger partial charge in [-0.25, -0.2) is 4.79 Å². The van der Waals surface area contributed by atoms with Crippen molar-refractivity contribution >= 4 is 35.0 Å². The Kier molecular flexibility index (Phi) is 11.9. The van der Waals surface area contributed by atoms with E-state index in [1.807, 2.05) is 60.9 Å². The number of thiophene rings is 1. The van der Waals surface area contributed by atoms with Crippen molar-refractivity contribution in [3.8, 4) is 11.1 Å². The molecule has 1 aromatic heterocycles. The van der Waals surface area contributed by atoms with Gasteiger partial charge in [0.25, 0.3) is 5.91 Å². The molecule has 1 heterocycles. The molecule has 0 fully saturated rings. The van der Waals surface area contributed by atoms with Gasteiger partial charge in [-0.1, -0.05) is 57.0 Å². The number of carboxylic acid groups (broad SMARTS) is 1. The van der Waals surface area contributed by atoms with Crippen molar-refractivity contribution in [2.45, 2.75) is 71.6 Å². The van der Waals surface area contributed by atoms with Gasteiger partial charge in [-0.3, -0.25) is 4.79 Å². The van der Waals surface area contributed by atoms with Gasteiger partial charge in [0.15, 0.2) is 0 Å². The van der Waals surface area contributed by atoms with Crippen molar-refractivity contribution in [1.82, 2.24) is 5.32 Å². The summed E-state index contributed by atoms with van der Waals surface area (Å²) >= 11 is 3.38. The summed E-state index contributed by atoms with van der Waals surface area (Å²) in [5.74, 6) is -0.745. The predicted octanol–water partition coefficient (Wildman–Crippen LogP) is 7.67. The molecule has 1 amide bonds. The fraction of sp³-hybridized carbons (Fsp3) is 0.419. The molecule has 0 bridgehead atoms.